The van der Waals surface area contributed by atoms with Crippen molar-refractivity contribution >= 4 is 16.7 Å². The minimum Gasteiger partial charge on any atom is -0.423 e. The summed E-state index contributed by atoms with van der Waals surface area (Å²) in [4.78, 5) is 12.3. The Morgan fingerprint density at radius 3 is 2.57 bits per heavy atom. The van der Waals surface area contributed by atoms with Crippen molar-refractivity contribution in [2.45, 2.75) is 6.61 Å². The molecule has 0 heterocycles. The number of rotatable bonds is 3. The molecule has 0 saturated heterocycles. The van der Waals surface area contributed by atoms with Crippen molar-refractivity contribution in [2.75, 3.05) is 0 Å². The summed E-state index contributed by atoms with van der Waals surface area (Å²) in [5.41, 5.74) is 1.24. The highest BCUT2D eigenvalue weighted by molar-refractivity contribution is 6.05. The fraction of sp³-hybridized carbons (Fsp3) is 0.0556. The summed E-state index contributed by atoms with van der Waals surface area (Å²) in [5.74, 6) is 0.0290. The average molecular weight is 278 g/mol. The summed E-state index contributed by atoms with van der Waals surface area (Å²) in [7, 11) is 0. The van der Waals surface area contributed by atoms with E-state index in [1.165, 1.54) is 0 Å². The Balaban J connectivity index is 1.93. The molecule has 21 heavy (non-hydrogen) atoms. The molecule has 1 N–H and O–H groups in total. The Morgan fingerprint density at radius 2 is 1.71 bits per heavy atom. The third-order valence-corrected chi connectivity index (χ3v) is 3.30. The maximum atomic E-state index is 12.3. The molecule has 0 atom stereocenters. The van der Waals surface area contributed by atoms with Crippen LogP contribution < -0.4 is 4.74 Å². The molecule has 3 heteroatoms. The minimum absolute atomic E-state index is 0.0837. The number of benzene rings is 3. The van der Waals surface area contributed by atoms with E-state index in [1.807, 2.05) is 36.4 Å². The summed E-state index contributed by atoms with van der Waals surface area (Å²) in [6.07, 6.45) is 0. The van der Waals surface area contributed by atoms with E-state index in [1.54, 1.807) is 30.3 Å². The normalized spacial score (nSPS) is 10.5. The first-order valence-electron chi connectivity index (χ1n) is 6.67. The number of esters is 1. The number of fused-ring (bicyclic) bond motifs is 1. The Morgan fingerprint density at radius 1 is 0.952 bits per heavy atom. The van der Waals surface area contributed by atoms with Gasteiger partial charge in [-0.3, -0.25) is 0 Å². The second-order valence-corrected chi connectivity index (χ2v) is 4.72. The van der Waals surface area contributed by atoms with Crippen LogP contribution in [-0.4, -0.2) is 11.1 Å². The van der Waals surface area contributed by atoms with Crippen LogP contribution in [0, 0.1) is 0 Å². The quantitative estimate of drug-likeness (QED) is 0.588. The molecular weight excluding hydrogens is 264 g/mol. The molecule has 3 nitrogen and oxygen atoms in total. The van der Waals surface area contributed by atoms with E-state index in [4.69, 9.17) is 9.84 Å². The zero-order valence-corrected chi connectivity index (χ0v) is 11.3. The Hall–Kier alpha value is -2.65. The van der Waals surface area contributed by atoms with Gasteiger partial charge in [-0.25, -0.2) is 4.79 Å². The molecule has 0 aromatic heterocycles. The van der Waals surface area contributed by atoms with Crippen molar-refractivity contribution in [1.82, 2.24) is 0 Å². The molecule has 0 fully saturated rings. The van der Waals surface area contributed by atoms with E-state index in [0.29, 0.717) is 16.9 Å². The van der Waals surface area contributed by atoms with Gasteiger partial charge in [0.1, 0.15) is 5.75 Å². The lowest BCUT2D eigenvalue weighted by Gasteiger charge is -2.08. The number of carbonyl (C=O) groups excluding carboxylic acids is 1. The molecule has 0 spiro atoms. The van der Waals surface area contributed by atoms with Crippen LogP contribution >= 0.6 is 0 Å². The lowest BCUT2D eigenvalue weighted by molar-refractivity contribution is 0.0736. The van der Waals surface area contributed by atoms with Gasteiger partial charge in [-0.05, 0) is 34.5 Å². The van der Waals surface area contributed by atoms with Gasteiger partial charge in [-0.15, -0.1) is 0 Å². The van der Waals surface area contributed by atoms with Crippen LogP contribution in [0.1, 0.15) is 15.9 Å². The van der Waals surface area contributed by atoms with Crippen LogP contribution in [0.3, 0.4) is 0 Å². The van der Waals surface area contributed by atoms with Gasteiger partial charge >= 0.3 is 5.97 Å². The van der Waals surface area contributed by atoms with Crippen molar-refractivity contribution in [3.05, 3.63) is 77.9 Å². The average Bonchev–Trinajstić information content (AvgIpc) is 2.54. The smallest absolute Gasteiger partial charge is 0.344 e. The number of ether oxygens (including phenoxy) is 1. The summed E-state index contributed by atoms with van der Waals surface area (Å²) >= 11 is 0. The van der Waals surface area contributed by atoms with Crippen molar-refractivity contribution < 1.29 is 14.6 Å². The highest BCUT2D eigenvalue weighted by Gasteiger charge is 2.12. The number of hydrogen-bond acceptors (Lipinski definition) is 3. The van der Waals surface area contributed by atoms with E-state index in [9.17, 15) is 4.79 Å². The van der Waals surface area contributed by atoms with Gasteiger partial charge in [0.2, 0.25) is 0 Å². The zero-order valence-electron chi connectivity index (χ0n) is 11.3. The van der Waals surface area contributed by atoms with Gasteiger partial charge in [0, 0.05) is 0 Å². The highest BCUT2D eigenvalue weighted by Crippen LogP contribution is 2.21. The zero-order chi connectivity index (χ0) is 14.7. The van der Waals surface area contributed by atoms with E-state index >= 15 is 0 Å². The first-order chi connectivity index (χ1) is 10.3. The van der Waals surface area contributed by atoms with Crippen LogP contribution in [0.4, 0.5) is 0 Å². The minimum atomic E-state index is -0.401. The van der Waals surface area contributed by atoms with Gasteiger partial charge < -0.3 is 9.84 Å². The monoisotopic (exact) mass is 278 g/mol. The second-order valence-electron chi connectivity index (χ2n) is 4.72. The van der Waals surface area contributed by atoms with Gasteiger partial charge in [-0.2, -0.15) is 0 Å². The number of aliphatic hydroxyl groups excluding tert-OH is 1. The SMILES string of the molecule is O=C(Oc1cccc(CO)c1)c1cccc2ccccc12. The molecule has 0 amide bonds. The Bertz CT molecular complexity index is 788. The molecule has 104 valence electrons. The van der Waals surface area contributed by atoms with Crippen LogP contribution in [0.2, 0.25) is 0 Å². The van der Waals surface area contributed by atoms with E-state index in [0.717, 1.165) is 10.8 Å². The first kappa shape index (κ1) is 13.3. The molecule has 3 aromatic carbocycles. The molecule has 0 unspecified atom stereocenters. The number of hydrogen-bond donors (Lipinski definition) is 1. The Labute approximate surface area is 122 Å². The summed E-state index contributed by atoms with van der Waals surface area (Å²) < 4.78 is 5.40. The van der Waals surface area contributed by atoms with E-state index < -0.39 is 5.97 Å². The largest absolute Gasteiger partial charge is 0.423 e. The third-order valence-electron chi connectivity index (χ3n) is 3.30. The van der Waals surface area contributed by atoms with Gasteiger partial charge in [0.05, 0.1) is 12.2 Å². The van der Waals surface area contributed by atoms with Crippen molar-refractivity contribution in [1.29, 1.82) is 0 Å². The summed E-state index contributed by atoms with van der Waals surface area (Å²) in [6.45, 7) is -0.0837. The number of carbonyl (C=O) groups is 1. The van der Waals surface area contributed by atoms with Crippen molar-refractivity contribution in [2.24, 2.45) is 0 Å². The summed E-state index contributed by atoms with van der Waals surface area (Å²) in [6, 6.07) is 20.1. The molecule has 3 aromatic rings. The van der Waals surface area contributed by atoms with Crippen molar-refractivity contribution in [3.63, 3.8) is 0 Å². The van der Waals surface area contributed by atoms with Gasteiger partial charge in [0.15, 0.2) is 0 Å². The first-order valence-corrected chi connectivity index (χ1v) is 6.67. The lowest BCUT2D eigenvalue weighted by atomic mass is 10.0. The molecule has 0 saturated carbocycles. The van der Waals surface area contributed by atoms with Crippen LogP contribution in [0.5, 0.6) is 5.75 Å². The standard InChI is InChI=1S/C18H14O3/c19-12-13-5-3-8-15(11-13)21-18(20)17-10-4-7-14-6-1-2-9-16(14)17/h1-11,19H,12H2. The highest BCUT2D eigenvalue weighted by atomic mass is 16.5. The van der Waals surface area contributed by atoms with Gasteiger partial charge in [-0.1, -0.05) is 48.5 Å². The van der Waals surface area contributed by atoms with E-state index in [-0.39, 0.29) is 6.61 Å². The Kier molecular flexibility index (Phi) is 3.67. The topological polar surface area (TPSA) is 46.5 Å². The fourth-order valence-electron chi connectivity index (χ4n) is 2.27. The third kappa shape index (κ3) is 2.78. The van der Waals surface area contributed by atoms with Crippen molar-refractivity contribution in [3.8, 4) is 5.75 Å². The molecule has 0 aliphatic rings. The van der Waals surface area contributed by atoms with Crippen LogP contribution in [0.25, 0.3) is 10.8 Å². The molecule has 0 radical (unpaired) electrons. The van der Waals surface area contributed by atoms with Crippen LogP contribution in [-0.2, 0) is 6.61 Å². The maximum Gasteiger partial charge on any atom is 0.344 e. The molecular formula is C18H14O3. The number of aliphatic hydroxyl groups is 1. The lowest BCUT2D eigenvalue weighted by Crippen LogP contribution is -2.09. The van der Waals surface area contributed by atoms with Crippen LogP contribution in [0.15, 0.2) is 66.7 Å². The predicted octanol–water partition coefficient (Wildman–Crippen LogP) is 3.55. The van der Waals surface area contributed by atoms with E-state index in [2.05, 4.69) is 0 Å². The van der Waals surface area contributed by atoms with Gasteiger partial charge in [0.25, 0.3) is 0 Å². The predicted molar refractivity (Wildman–Crippen MR) is 81.3 cm³/mol. The molecule has 0 aliphatic carbocycles. The molecule has 0 aliphatic heterocycles. The molecule has 0 bridgehead atoms. The fourth-order valence-corrected chi connectivity index (χ4v) is 2.27. The summed E-state index contributed by atoms with van der Waals surface area (Å²) in [5, 5.41) is 11.0. The molecule has 3 rings (SSSR count). The maximum absolute atomic E-state index is 12.3. The second kappa shape index (κ2) is 5.77.